The third-order valence-electron chi connectivity index (χ3n) is 12.8. The van der Waals surface area contributed by atoms with Crippen LogP contribution in [0.4, 0.5) is 13.6 Å². The maximum absolute atomic E-state index is 13.1. The molecule has 0 N–H and O–H groups in total. The number of rotatable bonds is 12. The number of hydrogen-bond acceptors (Lipinski definition) is 7. The summed E-state index contributed by atoms with van der Waals surface area (Å²) in [5, 5.41) is 0. The summed E-state index contributed by atoms with van der Waals surface area (Å²) in [6, 6.07) is 4.87. The van der Waals surface area contributed by atoms with Crippen molar-refractivity contribution in [3.05, 3.63) is 28.8 Å². The van der Waals surface area contributed by atoms with Gasteiger partial charge in [-0.2, -0.15) is 12.6 Å². The van der Waals surface area contributed by atoms with Crippen molar-refractivity contribution in [2.24, 2.45) is 22.7 Å². The number of ether oxygens (including phenoxy) is 2. The van der Waals surface area contributed by atoms with Crippen LogP contribution in [-0.2, 0) is 27.2 Å². The lowest BCUT2D eigenvalue weighted by Crippen LogP contribution is -2.47. The molecule has 0 bridgehead atoms. The molecular formula is C45H75BF2N2O5S. The van der Waals surface area contributed by atoms with Crippen LogP contribution >= 0.6 is 12.6 Å². The van der Waals surface area contributed by atoms with Crippen molar-refractivity contribution in [3.63, 3.8) is 0 Å². The van der Waals surface area contributed by atoms with Crippen molar-refractivity contribution >= 4 is 38.6 Å². The smallest absolute Gasteiger partial charge is 0.410 e. The molecule has 0 spiro atoms. The second-order valence-electron chi connectivity index (χ2n) is 17.4. The van der Waals surface area contributed by atoms with E-state index in [4.69, 9.17) is 17.3 Å². The predicted octanol–water partition coefficient (Wildman–Crippen LogP) is 10.1. The zero-order valence-electron chi connectivity index (χ0n) is 36.6. The van der Waals surface area contributed by atoms with Gasteiger partial charge < -0.3 is 24.1 Å². The van der Waals surface area contributed by atoms with Gasteiger partial charge in [0, 0.05) is 37.5 Å². The van der Waals surface area contributed by atoms with Crippen molar-refractivity contribution in [1.82, 2.24) is 9.80 Å². The number of carbonyl (C=O) groups excluding carboxylic acids is 3. The van der Waals surface area contributed by atoms with Gasteiger partial charge in [-0.1, -0.05) is 67.9 Å². The van der Waals surface area contributed by atoms with E-state index in [1.807, 2.05) is 18.7 Å². The Hall–Kier alpha value is -1.98. The van der Waals surface area contributed by atoms with Gasteiger partial charge in [-0.25, -0.2) is 9.18 Å². The average molecular weight is 805 g/mol. The number of likely N-dealkylation sites (N-methyl/N-ethyl adjacent to an activating group) is 1. The quantitative estimate of drug-likeness (QED) is 0.0982. The number of Topliss-reactive ketones (excluding diaryl/α,β-unsaturated/α-hetero) is 1. The largest absolute Gasteiger partial charge is 0.415 e. The van der Waals surface area contributed by atoms with Gasteiger partial charge in [0.2, 0.25) is 0 Å². The SMILES string of the molecule is CC.CCC(C)(C)C.CCc1cc2c(cc1OC(=O)N1CCC(N(C)CCOCC=O)CC1)CCC1C2CCC2(C)C(=O)CCC12.[B]C(F)(CCCS)C(C)F. The van der Waals surface area contributed by atoms with Crippen LogP contribution in [-0.4, -0.2) is 99.2 Å². The molecular weight excluding hydrogens is 729 g/mol. The lowest BCUT2D eigenvalue weighted by atomic mass is 9.55. The van der Waals surface area contributed by atoms with Gasteiger partial charge >= 0.3 is 6.09 Å². The number of benzene rings is 1. The molecule has 6 atom stereocenters. The van der Waals surface area contributed by atoms with Crippen LogP contribution in [0.15, 0.2) is 12.1 Å². The number of fused-ring (bicyclic) bond motifs is 5. The Balaban J connectivity index is 0.000000503. The van der Waals surface area contributed by atoms with Gasteiger partial charge in [0.05, 0.1) is 12.2 Å². The molecule has 56 heavy (non-hydrogen) atoms. The van der Waals surface area contributed by atoms with Crippen molar-refractivity contribution in [2.75, 3.05) is 45.6 Å². The van der Waals surface area contributed by atoms with Gasteiger partial charge in [0.15, 0.2) is 0 Å². The summed E-state index contributed by atoms with van der Waals surface area (Å²) in [5.74, 6) is 3.39. The Morgan fingerprint density at radius 1 is 1.12 bits per heavy atom. The van der Waals surface area contributed by atoms with Gasteiger partial charge in [-0.05, 0) is 130 Å². The molecule has 3 aliphatic carbocycles. The van der Waals surface area contributed by atoms with E-state index in [0.717, 1.165) is 88.9 Å². The monoisotopic (exact) mass is 805 g/mol. The maximum atomic E-state index is 13.1. The number of thiol groups is 1. The minimum atomic E-state index is -2.16. The Morgan fingerprint density at radius 2 is 1.77 bits per heavy atom. The van der Waals surface area contributed by atoms with E-state index in [2.05, 4.69) is 78.3 Å². The zero-order valence-corrected chi connectivity index (χ0v) is 37.5. The highest BCUT2D eigenvalue weighted by Crippen LogP contribution is 2.59. The topological polar surface area (TPSA) is 76.2 Å². The van der Waals surface area contributed by atoms with Gasteiger partial charge in [-0.15, -0.1) is 0 Å². The molecule has 1 aliphatic heterocycles. The molecule has 318 valence electrons. The molecule has 1 amide bonds. The molecule has 7 nitrogen and oxygen atoms in total. The summed E-state index contributed by atoms with van der Waals surface area (Å²) in [6.07, 6.45) is 9.40. The number of likely N-dealkylation sites (tertiary alicyclic amines) is 1. The van der Waals surface area contributed by atoms with Gasteiger partial charge in [0.25, 0.3) is 0 Å². The van der Waals surface area contributed by atoms with E-state index >= 15 is 0 Å². The average Bonchev–Trinajstić information content (AvgIpc) is 3.49. The normalized spacial score (nSPS) is 24.7. The first-order valence-electron chi connectivity index (χ1n) is 21.5. The third kappa shape index (κ3) is 14.1. The number of aryl methyl sites for hydroxylation is 2. The predicted molar refractivity (Wildman–Crippen MR) is 230 cm³/mol. The number of piperidine rings is 1. The minimum absolute atomic E-state index is 0.0359. The van der Waals surface area contributed by atoms with Crippen LogP contribution in [0.2, 0.25) is 0 Å². The lowest BCUT2D eigenvalue weighted by Gasteiger charge is -2.48. The number of aldehydes is 1. The molecule has 6 unspecified atom stereocenters. The van der Waals surface area contributed by atoms with Gasteiger partial charge in [-0.3, -0.25) is 9.18 Å². The summed E-state index contributed by atoms with van der Waals surface area (Å²) in [7, 11) is 7.04. The molecule has 0 aromatic heterocycles. The van der Waals surface area contributed by atoms with Crippen LogP contribution in [0.5, 0.6) is 5.75 Å². The molecule has 1 heterocycles. The highest BCUT2D eigenvalue weighted by Gasteiger charge is 2.54. The van der Waals surface area contributed by atoms with E-state index in [0.29, 0.717) is 66.9 Å². The van der Waals surface area contributed by atoms with Crippen LogP contribution in [0.3, 0.4) is 0 Å². The van der Waals surface area contributed by atoms with Gasteiger partial charge in [0.1, 0.15) is 38.4 Å². The summed E-state index contributed by atoms with van der Waals surface area (Å²) in [4.78, 5) is 40.3. The standard InChI is InChI=1S/C31H44N2O5.C6H11BF2S.C6H14.C2H6/c1-4-21-19-26-22(5-6-25-24(26)9-12-31(2)27(25)7-8-29(31)35)20-28(21)38-30(36)33-13-10-23(11-14-33)32(3)15-17-37-18-16-34;1-5(8)6(7,9)3-2-4-10;1-5-6(2,3)4;1-2/h16,19-20,23-25,27H,4-15,17-18H2,1-3H3;5,10H,2-4H2,1H3;5H2,1-4H3;1-2H3. The fourth-order valence-corrected chi connectivity index (χ4v) is 8.67. The molecule has 2 radical (unpaired) electrons. The Morgan fingerprint density at radius 3 is 2.32 bits per heavy atom. The fourth-order valence-electron chi connectivity index (χ4n) is 8.51. The van der Waals surface area contributed by atoms with Crippen LogP contribution in [0, 0.1) is 22.7 Å². The molecule has 1 aromatic carbocycles. The Bertz CT molecular complexity index is 1370. The fraction of sp³-hybridized carbons (Fsp3) is 0.800. The molecule has 11 heteroatoms. The summed E-state index contributed by atoms with van der Waals surface area (Å²) in [6.45, 7) is 21.2. The molecule has 2 saturated carbocycles. The number of alkyl halides is 2. The lowest BCUT2D eigenvalue weighted by molar-refractivity contribution is -0.129. The number of halogens is 2. The number of amides is 1. The first kappa shape index (κ1) is 50.2. The second-order valence-corrected chi connectivity index (χ2v) is 17.9. The third-order valence-corrected chi connectivity index (χ3v) is 13.1. The van der Waals surface area contributed by atoms with Crippen LogP contribution < -0.4 is 4.74 Å². The molecule has 5 rings (SSSR count). The summed E-state index contributed by atoms with van der Waals surface area (Å²) < 4.78 is 36.4. The molecule has 1 aromatic rings. The summed E-state index contributed by atoms with van der Waals surface area (Å²) >= 11 is 3.86. The number of ketones is 1. The van der Waals surface area contributed by atoms with E-state index in [-0.39, 0.29) is 24.5 Å². The summed E-state index contributed by atoms with van der Waals surface area (Å²) in [5.41, 5.74) is 2.16. The highest BCUT2D eigenvalue weighted by atomic mass is 32.1. The van der Waals surface area contributed by atoms with Crippen molar-refractivity contribution in [1.29, 1.82) is 0 Å². The minimum Gasteiger partial charge on any atom is -0.410 e. The van der Waals surface area contributed by atoms with Crippen LogP contribution in [0.25, 0.3) is 0 Å². The van der Waals surface area contributed by atoms with E-state index in [1.165, 1.54) is 17.5 Å². The van der Waals surface area contributed by atoms with Crippen molar-refractivity contribution in [2.45, 2.75) is 163 Å². The van der Waals surface area contributed by atoms with E-state index in [9.17, 15) is 23.2 Å². The number of nitrogens with zero attached hydrogens (tertiary/aromatic N) is 2. The first-order valence-corrected chi connectivity index (χ1v) is 22.2. The molecule has 1 saturated heterocycles. The zero-order chi connectivity index (χ0) is 42.3. The number of carbonyl (C=O) groups is 3. The van der Waals surface area contributed by atoms with Crippen molar-refractivity contribution < 1.29 is 32.6 Å². The van der Waals surface area contributed by atoms with Crippen LogP contribution in [0.1, 0.15) is 149 Å². The van der Waals surface area contributed by atoms with E-state index in [1.54, 1.807) is 0 Å². The first-order chi connectivity index (χ1) is 26.4. The maximum Gasteiger partial charge on any atom is 0.415 e. The Kier molecular flexibility index (Phi) is 21.1. The van der Waals surface area contributed by atoms with Crippen molar-refractivity contribution in [3.8, 4) is 5.75 Å². The van der Waals surface area contributed by atoms with E-state index < -0.39 is 11.7 Å². The second kappa shape index (κ2) is 23.6. The molecule has 4 aliphatic rings. The number of hydrogen-bond donors (Lipinski definition) is 1. The Labute approximate surface area is 346 Å². The highest BCUT2D eigenvalue weighted by molar-refractivity contribution is 7.80. The molecule has 3 fully saturated rings.